The highest BCUT2D eigenvalue weighted by atomic mass is 79.9. The summed E-state index contributed by atoms with van der Waals surface area (Å²) in [5.41, 5.74) is 2.83. The zero-order valence-corrected chi connectivity index (χ0v) is 21.5. The molecule has 172 valence electrons. The number of fused-ring (bicyclic) bond motifs is 1. The molecule has 2 aliphatic rings. The lowest BCUT2D eigenvalue weighted by molar-refractivity contribution is -0.139. The van der Waals surface area contributed by atoms with Crippen molar-refractivity contribution in [2.24, 2.45) is 4.99 Å². The number of hydrogen-bond donors (Lipinski definition) is 0. The van der Waals surface area contributed by atoms with Crippen LogP contribution in [0.2, 0.25) is 5.02 Å². The van der Waals surface area contributed by atoms with E-state index in [4.69, 9.17) is 25.8 Å². The molecule has 0 fully saturated rings. The fraction of sp³-hybridized carbons (Fsp3) is 0.250. The van der Waals surface area contributed by atoms with Gasteiger partial charge in [0.05, 0.1) is 35.5 Å². The summed E-state index contributed by atoms with van der Waals surface area (Å²) in [6.07, 6.45) is 1.92. The molecule has 0 spiro atoms. The molecule has 0 N–H and O–H groups in total. The second-order valence-electron chi connectivity index (χ2n) is 7.24. The maximum absolute atomic E-state index is 12.9. The summed E-state index contributed by atoms with van der Waals surface area (Å²) in [6.45, 7) is 4.19. The molecule has 4 rings (SSSR count). The Bertz CT molecular complexity index is 1180. The maximum Gasteiger partial charge on any atom is 0.338 e. The summed E-state index contributed by atoms with van der Waals surface area (Å²) in [6, 6.07) is 10.9. The Balaban J connectivity index is 1.72. The van der Waals surface area contributed by atoms with Crippen molar-refractivity contribution < 1.29 is 19.0 Å². The molecule has 2 aromatic carbocycles. The molecule has 2 aromatic rings. The topological polar surface area (TPSA) is 60.4 Å². The van der Waals surface area contributed by atoms with E-state index >= 15 is 0 Å². The highest BCUT2D eigenvalue weighted by Crippen LogP contribution is 2.45. The van der Waals surface area contributed by atoms with E-state index in [9.17, 15) is 4.79 Å². The summed E-state index contributed by atoms with van der Waals surface area (Å²) < 4.78 is 17.8. The number of nitrogens with zero attached hydrogens (tertiary/aromatic N) is 2. The fourth-order valence-corrected chi connectivity index (χ4v) is 5.26. The van der Waals surface area contributed by atoms with Gasteiger partial charge in [-0.3, -0.25) is 0 Å². The van der Waals surface area contributed by atoms with Gasteiger partial charge in [0.25, 0.3) is 0 Å². The van der Waals surface area contributed by atoms with E-state index in [1.807, 2.05) is 59.8 Å². The summed E-state index contributed by atoms with van der Waals surface area (Å²) in [4.78, 5) is 19.5. The van der Waals surface area contributed by atoms with E-state index in [1.54, 1.807) is 14.0 Å². The van der Waals surface area contributed by atoms with Gasteiger partial charge in [0.2, 0.25) is 0 Å². The first kappa shape index (κ1) is 23.7. The van der Waals surface area contributed by atoms with Crippen LogP contribution >= 0.6 is 39.3 Å². The second kappa shape index (κ2) is 10.2. The Labute approximate surface area is 210 Å². The minimum atomic E-state index is -0.411. The van der Waals surface area contributed by atoms with Crippen LogP contribution in [0.15, 0.2) is 68.7 Å². The molecule has 2 heterocycles. The monoisotopic (exact) mass is 548 g/mol. The van der Waals surface area contributed by atoms with Crippen molar-refractivity contribution in [2.75, 3.05) is 13.7 Å². The number of carbonyl (C=O) groups is 1. The predicted octanol–water partition coefficient (Wildman–Crippen LogP) is 6.46. The van der Waals surface area contributed by atoms with Gasteiger partial charge in [-0.05, 0) is 58.9 Å². The van der Waals surface area contributed by atoms with Crippen molar-refractivity contribution in [2.45, 2.75) is 26.5 Å². The van der Waals surface area contributed by atoms with Crippen LogP contribution in [0.1, 0.15) is 31.0 Å². The minimum absolute atomic E-state index is 0.283. The molecule has 0 aromatic heterocycles. The Hall–Kier alpha value is -2.42. The third-order valence-corrected chi connectivity index (χ3v) is 6.94. The fourth-order valence-electron chi connectivity index (χ4n) is 3.70. The minimum Gasteiger partial charge on any atom is -0.493 e. The first-order chi connectivity index (χ1) is 15.9. The molecular formula is C24H22BrClN2O4S. The lowest BCUT2D eigenvalue weighted by atomic mass is 9.94. The van der Waals surface area contributed by atoms with Gasteiger partial charge >= 0.3 is 5.97 Å². The largest absolute Gasteiger partial charge is 0.493 e. The SMILES string of the molecule is CCOC(=O)C1=C(C)N=C2SC=CN2[C@@H]1c1cc(Br)c(OCc2ccccc2Cl)c(OC)c1. The van der Waals surface area contributed by atoms with Gasteiger partial charge in [-0.2, -0.15) is 0 Å². The number of rotatable bonds is 7. The second-order valence-corrected chi connectivity index (χ2v) is 9.38. The lowest BCUT2D eigenvalue weighted by Crippen LogP contribution is -2.34. The van der Waals surface area contributed by atoms with Gasteiger partial charge in [0.1, 0.15) is 6.61 Å². The lowest BCUT2D eigenvalue weighted by Gasteiger charge is -2.33. The highest BCUT2D eigenvalue weighted by Gasteiger charge is 2.38. The van der Waals surface area contributed by atoms with Gasteiger partial charge in [-0.1, -0.05) is 41.6 Å². The van der Waals surface area contributed by atoms with Crippen LogP contribution in [-0.4, -0.2) is 29.8 Å². The summed E-state index contributed by atoms with van der Waals surface area (Å²) in [5.74, 6) is 0.699. The molecule has 0 aliphatic carbocycles. The Kier molecular flexibility index (Phi) is 7.36. The first-order valence-electron chi connectivity index (χ1n) is 10.3. The average Bonchev–Trinajstić information content (AvgIpc) is 3.26. The number of thioether (sulfide) groups is 1. The molecule has 9 heteroatoms. The average molecular weight is 550 g/mol. The van der Waals surface area contributed by atoms with E-state index in [0.29, 0.717) is 32.3 Å². The van der Waals surface area contributed by atoms with E-state index in [1.165, 1.54) is 11.8 Å². The smallest absolute Gasteiger partial charge is 0.338 e. The number of methoxy groups -OCH3 is 1. The number of amidine groups is 1. The number of allylic oxidation sites excluding steroid dienone is 1. The van der Waals surface area contributed by atoms with Gasteiger partial charge in [-0.15, -0.1) is 0 Å². The molecule has 0 amide bonds. The first-order valence-corrected chi connectivity index (χ1v) is 12.3. The van der Waals surface area contributed by atoms with E-state index in [0.717, 1.165) is 16.3 Å². The summed E-state index contributed by atoms with van der Waals surface area (Å²) in [5, 5.41) is 3.39. The quantitative estimate of drug-likeness (QED) is 0.370. The highest BCUT2D eigenvalue weighted by molar-refractivity contribution is 9.10. The Morgan fingerprint density at radius 3 is 2.82 bits per heavy atom. The van der Waals surface area contributed by atoms with Crippen molar-refractivity contribution >= 4 is 50.4 Å². The normalized spacial score (nSPS) is 17.1. The van der Waals surface area contributed by atoms with Crippen molar-refractivity contribution in [3.63, 3.8) is 0 Å². The maximum atomic E-state index is 12.9. The van der Waals surface area contributed by atoms with E-state index in [2.05, 4.69) is 20.9 Å². The number of hydrogen-bond acceptors (Lipinski definition) is 7. The molecule has 0 bridgehead atoms. The van der Waals surface area contributed by atoms with E-state index < -0.39 is 6.04 Å². The van der Waals surface area contributed by atoms with Gasteiger partial charge < -0.3 is 19.1 Å². The molecule has 33 heavy (non-hydrogen) atoms. The number of ether oxygens (including phenoxy) is 3. The molecule has 0 radical (unpaired) electrons. The van der Waals surface area contributed by atoms with Crippen molar-refractivity contribution in [1.29, 1.82) is 0 Å². The standard InChI is InChI=1S/C24H22BrClN2O4S/c1-4-31-23(29)20-14(2)27-24-28(9-10-33-24)21(20)16-11-17(25)22(19(12-16)30-3)32-13-15-7-5-6-8-18(15)26/h5-12,21H,4,13H2,1-3H3/t21-/m1/s1. The Morgan fingerprint density at radius 1 is 1.30 bits per heavy atom. The molecule has 2 aliphatic heterocycles. The zero-order valence-electron chi connectivity index (χ0n) is 18.3. The van der Waals surface area contributed by atoms with E-state index in [-0.39, 0.29) is 19.2 Å². The molecule has 0 unspecified atom stereocenters. The third kappa shape index (κ3) is 4.78. The van der Waals surface area contributed by atoms with Crippen LogP contribution in [0.25, 0.3) is 0 Å². The summed E-state index contributed by atoms with van der Waals surface area (Å²) >= 11 is 11.4. The van der Waals surface area contributed by atoms with Crippen LogP contribution in [-0.2, 0) is 16.1 Å². The van der Waals surface area contributed by atoms with Crippen molar-refractivity contribution in [3.05, 3.63) is 79.9 Å². The van der Waals surface area contributed by atoms with Crippen LogP contribution < -0.4 is 9.47 Å². The molecule has 0 saturated carbocycles. The van der Waals surface area contributed by atoms with Gasteiger partial charge in [0.15, 0.2) is 16.7 Å². The predicted molar refractivity (Wildman–Crippen MR) is 135 cm³/mol. The van der Waals surface area contributed by atoms with Crippen molar-refractivity contribution in [1.82, 2.24) is 4.90 Å². The summed E-state index contributed by atoms with van der Waals surface area (Å²) in [7, 11) is 1.58. The number of benzene rings is 2. The molecule has 0 saturated heterocycles. The Morgan fingerprint density at radius 2 is 2.09 bits per heavy atom. The number of carbonyl (C=O) groups excluding carboxylic acids is 1. The zero-order chi connectivity index (χ0) is 23.5. The van der Waals surface area contributed by atoms with Crippen LogP contribution in [0, 0.1) is 0 Å². The molecule has 1 atom stereocenters. The third-order valence-electron chi connectivity index (χ3n) is 5.21. The molecular weight excluding hydrogens is 528 g/mol. The van der Waals surface area contributed by atoms with Crippen LogP contribution in [0.4, 0.5) is 0 Å². The van der Waals surface area contributed by atoms with Crippen LogP contribution in [0.5, 0.6) is 11.5 Å². The van der Waals surface area contributed by atoms with Gasteiger partial charge in [0, 0.05) is 16.8 Å². The number of halogens is 2. The van der Waals surface area contributed by atoms with Gasteiger partial charge in [-0.25, -0.2) is 9.79 Å². The van der Waals surface area contributed by atoms with Crippen LogP contribution in [0.3, 0.4) is 0 Å². The number of aliphatic imine (C=N–C) groups is 1. The number of esters is 1. The van der Waals surface area contributed by atoms with Crippen molar-refractivity contribution in [3.8, 4) is 11.5 Å². The molecule has 6 nitrogen and oxygen atoms in total.